The van der Waals surface area contributed by atoms with E-state index < -0.39 is 0 Å². The normalized spacial score (nSPS) is 10.8. The standard InChI is InChI=1S/C13H14N6/c1-3-19-16-13(15-17-19)11-8-14-18(9-11)12-7-5-4-6-10(12)2/h4-9H,3H2,1-2H3. The molecule has 96 valence electrons. The molecule has 19 heavy (non-hydrogen) atoms. The third kappa shape index (κ3) is 2.12. The van der Waals surface area contributed by atoms with Crippen molar-refractivity contribution < 1.29 is 0 Å². The zero-order valence-corrected chi connectivity index (χ0v) is 10.9. The fraction of sp³-hybridized carbons (Fsp3) is 0.231. The lowest BCUT2D eigenvalue weighted by atomic mass is 10.2. The average Bonchev–Trinajstić information content (AvgIpc) is 3.08. The van der Waals surface area contributed by atoms with E-state index in [1.807, 2.05) is 36.0 Å². The number of benzene rings is 1. The van der Waals surface area contributed by atoms with Crippen LogP contribution in [0.3, 0.4) is 0 Å². The van der Waals surface area contributed by atoms with Gasteiger partial charge < -0.3 is 0 Å². The highest BCUT2D eigenvalue weighted by Gasteiger charge is 2.09. The van der Waals surface area contributed by atoms with Gasteiger partial charge >= 0.3 is 0 Å². The average molecular weight is 254 g/mol. The van der Waals surface area contributed by atoms with E-state index in [-0.39, 0.29) is 0 Å². The van der Waals surface area contributed by atoms with Crippen LogP contribution in [-0.2, 0) is 6.54 Å². The third-order valence-corrected chi connectivity index (χ3v) is 2.94. The van der Waals surface area contributed by atoms with E-state index in [9.17, 15) is 0 Å². The molecule has 0 aliphatic heterocycles. The summed E-state index contributed by atoms with van der Waals surface area (Å²) in [5, 5.41) is 16.6. The van der Waals surface area contributed by atoms with Gasteiger partial charge in [0.2, 0.25) is 5.82 Å². The zero-order chi connectivity index (χ0) is 13.2. The molecule has 0 unspecified atom stereocenters. The Labute approximate surface area is 110 Å². The van der Waals surface area contributed by atoms with Crippen molar-refractivity contribution in [2.24, 2.45) is 0 Å². The second kappa shape index (κ2) is 4.64. The minimum Gasteiger partial charge on any atom is -0.240 e. The molecule has 6 heteroatoms. The Morgan fingerprint density at radius 3 is 2.79 bits per heavy atom. The molecular formula is C13H14N6. The summed E-state index contributed by atoms with van der Waals surface area (Å²) < 4.78 is 1.83. The molecule has 2 aromatic heterocycles. The van der Waals surface area contributed by atoms with Crippen molar-refractivity contribution in [1.82, 2.24) is 30.0 Å². The number of nitrogens with zero attached hydrogens (tertiary/aromatic N) is 6. The number of aromatic nitrogens is 6. The summed E-state index contributed by atoms with van der Waals surface area (Å²) in [6, 6.07) is 8.09. The van der Waals surface area contributed by atoms with Gasteiger partial charge in [-0.1, -0.05) is 18.2 Å². The van der Waals surface area contributed by atoms with E-state index >= 15 is 0 Å². The summed E-state index contributed by atoms with van der Waals surface area (Å²) in [7, 11) is 0. The van der Waals surface area contributed by atoms with Crippen LogP contribution in [0.1, 0.15) is 12.5 Å². The minimum absolute atomic E-state index is 0.599. The van der Waals surface area contributed by atoms with Crippen LogP contribution in [-0.4, -0.2) is 30.0 Å². The van der Waals surface area contributed by atoms with Gasteiger partial charge in [0.25, 0.3) is 0 Å². The molecule has 0 fully saturated rings. The van der Waals surface area contributed by atoms with Gasteiger partial charge in [-0.05, 0) is 30.7 Å². The van der Waals surface area contributed by atoms with Crippen molar-refractivity contribution >= 4 is 0 Å². The molecule has 0 saturated heterocycles. The van der Waals surface area contributed by atoms with Crippen molar-refractivity contribution in [1.29, 1.82) is 0 Å². The summed E-state index contributed by atoms with van der Waals surface area (Å²) in [6.45, 7) is 4.74. The van der Waals surface area contributed by atoms with Crippen molar-refractivity contribution in [3.8, 4) is 17.1 Å². The topological polar surface area (TPSA) is 61.4 Å². The number of hydrogen-bond acceptors (Lipinski definition) is 4. The fourth-order valence-electron chi connectivity index (χ4n) is 1.88. The number of hydrogen-bond donors (Lipinski definition) is 0. The molecule has 2 heterocycles. The number of aryl methyl sites for hydroxylation is 2. The Morgan fingerprint density at radius 2 is 2.05 bits per heavy atom. The Morgan fingerprint density at radius 1 is 1.21 bits per heavy atom. The quantitative estimate of drug-likeness (QED) is 0.715. The Bertz CT molecular complexity index is 696. The lowest BCUT2D eigenvalue weighted by Crippen LogP contribution is -1.98. The molecule has 3 aromatic rings. The van der Waals surface area contributed by atoms with Crippen LogP contribution in [0.2, 0.25) is 0 Å². The molecule has 0 atom stereocenters. The fourth-order valence-corrected chi connectivity index (χ4v) is 1.88. The highest BCUT2D eigenvalue weighted by Crippen LogP contribution is 2.17. The Balaban J connectivity index is 1.97. The Kier molecular flexibility index (Phi) is 2.83. The maximum absolute atomic E-state index is 4.36. The molecule has 0 saturated carbocycles. The van der Waals surface area contributed by atoms with Crippen molar-refractivity contribution in [3.05, 3.63) is 42.2 Å². The first-order valence-electron chi connectivity index (χ1n) is 6.17. The molecule has 1 aromatic carbocycles. The lowest BCUT2D eigenvalue weighted by Gasteiger charge is -2.03. The molecule has 0 amide bonds. The van der Waals surface area contributed by atoms with E-state index in [2.05, 4.69) is 33.5 Å². The molecule has 6 nitrogen and oxygen atoms in total. The van der Waals surface area contributed by atoms with E-state index in [0.717, 1.165) is 11.3 Å². The van der Waals surface area contributed by atoms with Gasteiger partial charge in [-0.25, -0.2) is 4.68 Å². The second-order valence-corrected chi connectivity index (χ2v) is 4.26. The first kappa shape index (κ1) is 11.6. The SMILES string of the molecule is CCn1nnc(-c2cnn(-c3ccccc3C)c2)n1. The van der Waals surface area contributed by atoms with Gasteiger partial charge in [-0.3, -0.25) is 0 Å². The summed E-state index contributed by atoms with van der Waals surface area (Å²) in [4.78, 5) is 1.56. The molecule has 0 N–H and O–H groups in total. The summed E-state index contributed by atoms with van der Waals surface area (Å²) in [6.07, 6.45) is 3.67. The second-order valence-electron chi connectivity index (χ2n) is 4.26. The molecule has 0 radical (unpaired) electrons. The summed E-state index contributed by atoms with van der Waals surface area (Å²) >= 11 is 0. The van der Waals surface area contributed by atoms with E-state index in [0.29, 0.717) is 12.4 Å². The predicted octanol–water partition coefficient (Wildman–Crippen LogP) is 1.85. The first-order chi connectivity index (χ1) is 9.28. The summed E-state index contributed by atoms with van der Waals surface area (Å²) in [5.41, 5.74) is 3.09. The number of rotatable bonds is 3. The molecule has 3 rings (SSSR count). The van der Waals surface area contributed by atoms with Crippen LogP contribution in [0.25, 0.3) is 17.1 Å². The minimum atomic E-state index is 0.599. The van der Waals surface area contributed by atoms with Gasteiger partial charge in [0.05, 0.1) is 24.0 Å². The first-order valence-corrected chi connectivity index (χ1v) is 6.17. The van der Waals surface area contributed by atoms with Crippen LogP contribution in [0.5, 0.6) is 0 Å². The summed E-state index contributed by atoms with van der Waals surface area (Å²) in [5.74, 6) is 0.599. The molecular weight excluding hydrogens is 240 g/mol. The van der Waals surface area contributed by atoms with Crippen LogP contribution < -0.4 is 0 Å². The monoisotopic (exact) mass is 254 g/mol. The molecule has 0 aliphatic rings. The van der Waals surface area contributed by atoms with E-state index in [4.69, 9.17) is 0 Å². The molecule has 0 bridgehead atoms. The third-order valence-electron chi connectivity index (χ3n) is 2.94. The lowest BCUT2D eigenvalue weighted by molar-refractivity contribution is 0.553. The predicted molar refractivity (Wildman–Crippen MR) is 70.8 cm³/mol. The van der Waals surface area contributed by atoms with Gasteiger partial charge in [-0.2, -0.15) is 9.90 Å². The van der Waals surface area contributed by atoms with E-state index in [1.54, 1.807) is 11.0 Å². The number of para-hydroxylation sites is 1. The van der Waals surface area contributed by atoms with Gasteiger partial charge in [0, 0.05) is 6.20 Å². The highest BCUT2D eigenvalue weighted by atomic mass is 15.6. The van der Waals surface area contributed by atoms with Crippen LogP contribution in [0, 0.1) is 6.92 Å². The molecule has 0 aliphatic carbocycles. The van der Waals surface area contributed by atoms with Crippen molar-refractivity contribution in [3.63, 3.8) is 0 Å². The number of tetrazole rings is 1. The van der Waals surface area contributed by atoms with Crippen LogP contribution in [0.4, 0.5) is 0 Å². The highest BCUT2D eigenvalue weighted by molar-refractivity contribution is 5.52. The largest absolute Gasteiger partial charge is 0.240 e. The maximum atomic E-state index is 4.36. The van der Waals surface area contributed by atoms with Crippen molar-refractivity contribution in [2.45, 2.75) is 20.4 Å². The maximum Gasteiger partial charge on any atom is 0.208 e. The van der Waals surface area contributed by atoms with Gasteiger partial charge in [0.1, 0.15) is 0 Å². The van der Waals surface area contributed by atoms with Crippen LogP contribution in [0.15, 0.2) is 36.7 Å². The Hall–Kier alpha value is -2.50. The molecule has 0 spiro atoms. The van der Waals surface area contributed by atoms with Gasteiger partial charge in [0.15, 0.2) is 0 Å². The van der Waals surface area contributed by atoms with Gasteiger partial charge in [-0.15, -0.1) is 10.2 Å². The van der Waals surface area contributed by atoms with E-state index in [1.165, 1.54) is 5.56 Å². The zero-order valence-electron chi connectivity index (χ0n) is 10.9. The smallest absolute Gasteiger partial charge is 0.208 e. The van der Waals surface area contributed by atoms with Crippen LogP contribution >= 0.6 is 0 Å². The van der Waals surface area contributed by atoms with Crippen molar-refractivity contribution in [2.75, 3.05) is 0 Å².